The summed E-state index contributed by atoms with van der Waals surface area (Å²) in [5.41, 5.74) is 3.23. The van der Waals surface area contributed by atoms with E-state index in [2.05, 4.69) is 62.1 Å². The first-order chi connectivity index (χ1) is 12.0. The minimum absolute atomic E-state index is 0.135. The van der Waals surface area contributed by atoms with Crippen molar-refractivity contribution in [1.29, 1.82) is 0 Å². The van der Waals surface area contributed by atoms with Crippen LogP contribution in [-0.2, 0) is 0 Å². The predicted octanol–water partition coefficient (Wildman–Crippen LogP) is 5.56. The van der Waals surface area contributed by atoms with Crippen LogP contribution in [0.25, 0.3) is 0 Å². The number of ether oxygens (including phenoxy) is 1. The number of likely N-dealkylation sites (tertiary alicyclic amines) is 1. The molecule has 2 nitrogen and oxygen atoms in total. The highest BCUT2D eigenvalue weighted by Crippen LogP contribution is 2.47. The Morgan fingerprint density at radius 3 is 2.16 bits per heavy atom. The molecule has 1 saturated heterocycles. The molecule has 2 heteroatoms. The third kappa shape index (κ3) is 3.59. The molecule has 1 aliphatic carbocycles. The van der Waals surface area contributed by atoms with Gasteiger partial charge in [0, 0.05) is 24.5 Å². The quantitative estimate of drug-likeness (QED) is 0.725. The zero-order valence-corrected chi connectivity index (χ0v) is 15.6. The van der Waals surface area contributed by atoms with Crippen LogP contribution in [0.1, 0.15) is 63.1 Å². The van der Waals surface area contributed by atoms with Gasteiger partial charge in [0.1, 0.15) is 11.9 Å². The first-order valence-corrected chi connectivity index (χ1v) is 9.59. The Kier molecular flexibility index (Phi) is 4.33. The fourth-order valence-electron chi connectivity index (χ4n) is 4.19. The largest absolute Gasteiger partial charge is 0.489 e. The van der Waals surface area contributed by atoms with Crippen molar-refractivity contribution in [3.05, 3.63) is 65.7 Å². The van der Waals surface area contributed by atoms with Gasteiger partial charge in [0.25, 0.3) is 0 Å². The van der Waals surface area contributed by atoms with E-state index in [-0.39, 0.29) is 11.6 Å². The minimum atomic E-state index is 0.135. The van der Waals surface area contributed by atoms with Gasteiger partial charge in [-0.05, 0) is 62.8 Å². The molecular formula is C23H29NO. The van der Waals surface area contributed by atoms with E-state index in [1.54, 1.807) is 5.56 Å². The normalized spacial score (nSPS) is 24.4. The summed E-state index contributed by atoms with van der Waals surface area (Å²) in [6.07, 6.45) is 4.02. The van der Waals surface area contributed by atoms with Gasteiger partial charge in [0.2, 0.25) is 0 Å². The smallest absolute Gasteiger partial charge is 0.119 e. The molecule has 0 bridgehead atoms. The van der Waals surface area contributed by atoms with Crippen molar-refractivity contribution in [3.63, 3.8) is 0 Å². The average Bonchev–Trinajstić information content (AvgIpc) is 3.35. The zero-order valence-electron chi connectivity index (χ0n) is 15.6. The fourth-order valence-corrected chi connectivity index (χ4v) is 4.19. The van der Waals surface area contributed by atoms with Crippen LogP contribution in [0.3, 0.4) is 0 Å². The maximum absolute atomic E-state index is 6.33. The second kappa shape index (κ2) is 6.49. The molecule has 25 heavy (non-hydrogen) atoms. The molecule has 0 N–H and O–H groups in total. The Morgan fingerprint density at radius 1 is 0.880 bits per heavy atom. The second-order valence-corrected chi connectivity index (χ2v) is 8.53. The van der Waals surface area contributed by atoms with E-state index in [4.69, 9.17) is 4.74 Å². The number of para-hydroxylation sites is 1. The molecule has 132 valence electrons. The summed E-state index contributed by atoms with van der Waals surface area (Å²) < 4.78 is 6.33. The fraction of sp³-hybridized carbons (Fsp3) is 0.478. The van der Waals surface area contributed by atoms with Crippen molar-refractivity contribution in [3.8, 4) is 5.75 Å². The minimum Gasteiger partial charge on any atom is -0.489 e. The highest BCUT2D eigenvalue weighted by molar-refractivity contribution is 5.36. The number of rotatable bonds is 4. The first kappa shape index (κ1) is 16.7. The maximum Gasteiger partial charge on any atom is 0.119 e. The molecule has 0 spiro atoms. The lowest BCUT2D eigenvalue weighted by molar-refractivity contribution is 0.108. The summed E-state index contributed by atoms with van der Waals surface area (Å²) in [6.45, 7) is 7.96. The lowest BCUT2D eigenvalue weighted by atomic mass is 9.93. The summed E-state index contributed by atoms with van der Waals surface area (Å²) in [5.74, 6) is 1.77. The van der Waals surface area contributed by atoms with E-state index in [0.717, 1.165) is 24.6 Å². The molecule has 0 radical (unpaired) electrons. The SMILES string of the molecule is CC(C)(C)N1CC(Oc2ccccc2)CC1c1ccccc1C1CC1. The summed E-state index contributed by atoms with van der Waals surface area (Å²) in [7, 11) is 0. The van der Waals surface area contributed by atoms with Gasteiger partial charge in [-0.1, -0.05) is 42.5 Å². The molecule has 2 aliphatic rings. The Morgan fingerprint density at radius 2 is 1.52 bits per heavy atom. The second-order valence-electron chi connectivity index (χ2n) is 8.53. The zero-order chi connectivity index (χ0) is 17.4. The van der Waals surface area contributed by atoms with Crippen molar-refractivity contribution in [2.75, 3.05) is 6.54 Å². The van der Waals surface area contributed by atoms with Crippen LogP contribution in [0.2, 0.25) is 0 Å². The summed E-state index contributed by atoms with van der Waals surface area (Å²) in [5, 5.41) is 0. The van der Waals surface area contributed by atoms with Crippen LogP contribution in [0.15, 0.2) is 54.6 Å². The summed E-state index contributed by atoms with van der Waals surface area (Å²) in [6, 6.07) is 19.8. The van der Waals surface area contributed by atoms with Crippen molar-refractivity contribution in [1.82, 2.24) is 4.90 Å². The van der Waals surface area contributed by atoms with Crippen LogP contribution < -0.4 is 4.74 Å². The van der Waals surface area contributed by atoms with E-state index >= 15 is 0 Å². The molecule has 2 aromatic carbocycles. The molecule has 2 fully saturated rings. The average molecular weight is 335 g/mol. The molecule has 2 unspecified atom stereocenters. The first-order valence-electron chi connectivity index (χ1n) is 9.59. The molecule has 2 aromatic rings. The van der Waals surface area contributed by atoms with Crippen LogP contribution in [0.4, 0.5) is 0 Å². The van der Waals surface area contributed by atoms with Crippen LogP contribution >= 0.6 is 0 Å². The molecule has 1 saturated carbocycles. The van der Waals surface area contributed by atoms with Gasteiger partial charge < -0.3 is 4.74 Å². The van der Waals surface area contributed by atoms with Gasteiger partial charge in [0.15, 0.2) is 0 Å². The summed E-state index contributed by atoms with van der Waals surface area (Å²) in [4.78, 5) is 2.64. The number of hydrogen-bond acceptors (Lipinski definition) is 2. The summed E-state index contributed by atoms with van der Waals surface area (Å²) >= 11 is 0. The van der Waals surface area contributed by atoms with Gasteiger partial charge in [0.05, 0.1) is 0 Å². The monoisotopic (exact) mass is 335 g/mol. The Bertz CT molecular complexity index is 714. The van der Waals surface area contributed by atoms with Crippen molar-refractivity contribution in [2.24, 2.45) is 0 Å². The Hall–Kier alpha value is -1.80. The van der Waals surface area contributed by atoms with Gasteiger partial charge in [-0.25, -0.2) is 0 Å². The van der Waals surface area contributed by atoms with Crippen LogP contribution in [0.5, 0.6) is 5.75 Å². The molecule has 0 amide bonds. The molecule has 2 atom stereocenters. The lowest BCUT2D eigenvalue weighted by Gasteiger charge is -2.37. The van der Waals surface area contributed by atoms with Gasteiger partial charge in [-0.2, -0.15) is 0 Å². The molecule has 1 aliphatic heterocycles. The van der Waals surface area contributed by atoms with E-state index in [9.17, 15) is 0 Å². The lowest BCUT2D eigenvalue weighted by Crippen LogP contribution is -2.42. The topological polar surface area (TPSA) is 12.5 Å². The van der Waals surface area contributed by atoms with Gasteiger partial charge >= 0.3 is 0 Å². The Labute approximate surface area is 151 Å². The number of benzene rings is 2. The number of hydrogen-bond donors (Lipinski definition) is 0. The van der Waals surface area contributed by atoms with E-state index < -0.39 is 0 Å². The van der Waals surface area contributed by atoms with E-state index in [1.165, 1.54) is 18.4 Å². The van der Waals surface area contributed by atoms with E-state index in [1.807, 2.05) is 18.2 Å². The van der Waals surface area contributed by atoms with Gasteiger partial charge in [-0.15, -0.1) is 0 Å². The molecule has 4 rings (SSSR count). The van der Waals surface area contributed by atoms with Crippen molar-refractivity contribution >= 4 is 0 Å². The van der Waals surface area contributed by atoms with Crippen molar-refractivity contribution in [2.45, 2.75) is 63.6 Å². The molecule has 1 heterocycles. The Balaban J connectivity index is 1.61. The third-order valence-corrected chi connectivity index (χ3v) is 5.54. The molecule has 0 aromatic heterocycles. The molecular weight excluding hydrogens is 306 g/mol. The predicted molar refractivity (Wildman–Crippen MR) is 103 cm³/mol. The number of nitrogens with zero attached hydrogens (tertiary/aromatic N) is 1. The maximum atomic E-state index is 6.33. The van der Waals surface area contributed by atoms with Crippen molar-refractivity contribution < 1.29 is 4.74 Å². The van der Waals surface area contributed by atoms with Crippen LogP contribution in [-0.4, -0.2) is 23.1 Å². The standard InChI is InChI=1S/C23H29NO/c1-23(2,3)24-16-19(25-18-9-5-4-6-10-18)15-22(24)21-12-8-7-11-20(21)17-13-14-17/h4-12,17,19,22H,13-16H2,1-3H3. The highest BCUT2D eigenvalue weighted by Gasteiger charge is 2.41. The third-order valence-electron chi connectivity index (χ3n) is 5.54. The highest BCUT2D eigenvalue weighted by atomic mass is 16.5. The van der Waals surface area contributed by atoms with E-state index in [0.29, 0.717) is 6.04 Å². The van der Waals surface area contributed by atoms with Crippen LogP contribution in [0, 0.1) is 0 Å². The van der Waals surface area contributed by atoms with Gasteiger partial charge in [-0.3, -0.25) is 4.90 Å².